The van der Waals surface area contributed by atoms with Crippen LogP contribution in [0.4, 0.5) is 0 Å². The standard InChI is InChI=1S/C48H108O3P4S/c1-13-25-37-53(38-26-14-2,39-27-15-3,40-28-16-4)49-52(56,50-54(41-29-17-5,42-30-18-6,43-31-19-7)44-32-20-8)51-55(45-33-21-9,46-34-22-10,47-35-23-11)48-36-24-12/h13-48H2,1-12H3. The Balaban J connectivity index is 8.97. The molecule has 0 aliphatic carbocycles. The van der Waals surface area contributed by atoms with Gasteiger partial charge in [0, 0.05) is 0 Å². The van der Waals surface area contributed by atoms with Crippen molar-refractivity contribution in [2.24, 2.45) is 0 Å². The molecule has 344 valence electrons. The molecule has 0 fully saturated rings. The van der Waals surface area contributed by atoms with E-state index in [9.17, 15) is 0 Å². The van der Waals surface area contributed by atoms with Gasteiger partial charge in [-0.15, -0.1) is 0 Å². The molecule has 0 spiro atoms. The summed E-state index contributed by atoms with van der Waals surface area (Å²) in [7, 11) is 0. The molecule has 0 unspecified atom stereocenters. The van der Waals surface area contributed by atoms with Crippen LogP contribution >= 0.6 is 27.2 Å². The van der Waals surface area contributed by atoms with E-state index in [-0.39, 0.29) is 0 Å². The topological polar surface area (TPSA) is 27.7 Å². The van der Waals surface area contributed by atoms with Crippen LogP contribution in [0.15, 0.2) is 0 Å². The molecule has 3 nitrogen and oxygen atoms in total. The van der Waals surface area contributed by atoms with Crippen molar-refractivity contribution in [3.8, 4) is 0 Å². The third-order valence-electron chi connectivity index (χ3n) is 13.9. The molecule has 0 aromatic carbocycles. The fourth-order valence-electron chi connectivity index (χ4n) is 10.1. The monoisotopic (exact) mass is 889 g/mol. The quantitative estimate of drug-likeness (QED) is 0.0571. The van der Waals surface area contributed by atoms with Gasteiger partial charge in [0.2, 0.25) is 0 Å². The van der Waals surface area contributed by atoms with Crippen LogP contribution in [-0.2, 0) is 24.7 Å². The second-order valence-electron chi connectivity index (χ2n) is 19.2. The Kier molecular flexibility index (Phi) is 31.0. The number of hydrogen-bond donors (Lipinski definition) is 0. The first-order valence-corrected chi connectivity index (χ1v) is 36.8. The molecule has 0 rings (SSSR count). The van der Waals surface area contributed by atoms with Crippen molar-refractivity contribution in [3.63, 3.8) is 0 Å². The zero-order valence-electron chi connectivity index (χ0n) is 40.9. The molecule has 8 heteroatoms. The third-order valence-corrected chi connectivity index (χ3v) is 41.0. The van der Waals surface area contributed by atoms with Crippen LogP contribution in [0.5, 0.6) is 0 Å². The summed E-state index contributed by atoms with van der Waals surface area (Å²) < 4.78 is 26.1. The third kappa shape index (κ3) is 18.7. The van der Waals surface area contributed by atoms with Crippen molar-refractivity contribution in [2.45, 2.75) is 237 Å². The first-order valence-electron chi connectivity index (χ1n) is 25.6. The number of unbranched alkanes of at least 4 members (excludes halogenated alkanes) is 12. The molecule has 0 aromatic rings. The first kappa shape index (κ1) is 57.8. The zero-order valence-corrected chi connectivity index (χ0v) is 45.3. The maximum atomic E-state index is 8.70. The minimum absolute atomic E-state index is 1.22. The Morgan fingerprint density at radius 3 is 0.446 bits per heavy atom. The Morgan fingerprint density at radius 2 is 0.357 bits per heavy atom. The van der Waals surface area contributed by atoms with Crippen LogP contribution in [0.25, 0.3) is 0 Å². The number of rotatable bonds is 42. The van der Waals surface area contributed by atoms with Crippen LogP contribution in [0.3, 0.4) is 0 Å². The van der Waals surface area contributed by atoms with E-state index in [1.54, 1.807) is 0 Å². The predicted octanol–water partition coefficient (Wildman–Crippen LogP) is 19.3. The maximum absolute atomic E-state index is 8.70. The van der Waals surface area contributed by atoms with Crippen LogP contribution in [0.2, 0.25) is 0 Å². The molecule has 0 aliphatic rings. The van der Waals surface area contributed by atoms with E-state index in [2.05, 4.69) is 83.1 Å². The van der Waals surface area contributed by atoms with Crippen LogP contribution in [-0.4, -0.2) is 73.9 Å². The van der Waals surface area contributed by atoms with Crippen LogP contribution < -0.4 is 0 Å². The fourth-order valence-corrected chi connectivity index (χ4v) is 44.5. The Labute approximate surface area is 361 Å². The van der Waals surface area contributed by atoms with E-state index in [0.717, 1.165) is 0 Å². The molecule has 0 saturated carbocycles. The summed E-state index contributed by atoms with van der Waals surface area (Å²) >= 11 is 7.61. The van der Waals surface area contributed by atoms with Gasteiger partial charge in [0.15, 0.2) is 0 Å². The van der Waals surface area contributed by atoms with Gasteiger partial charge in [-0.2, -0.15) is 0 Å². The van der Waals surface area contributed by atoms with Crippen molar-refractivity contribution in [1.29, 1.82) is 0 Å². The second kappa shape index (κ2) is 30.0. The van der Waals surface area contributed by atoms with Gasteiger partial charge in [-0.25, -0.2) is 0 Å². The Hall–Kier alpha value is 1.82. The van der Waals surface area contributed by atoms with Gasteiger partial charge in [0.05, 0.1) is 0 Å². The van der Waals surface area contributed by atoms with E-state index in [1.807, 2.05) is 0 Å². The van der Waals surface area contributed by atoms with Gasteiger partial charge in [-0.3, -0.25) is 0 Å². The predicted molar refractivity (Wildman–Crippen MR) is 276 cm³/mol. The summed E-state index contributed by atoms with van der Waals surface area (Å²) in [4.78, 5) is 0. The van der Waals surface area contributed by atoms with E-state index < -0.39 is 27.2 Å². The van der Waals surface area contributed by atoms with Crippen molar-refractivity contribution >= 4 is 39.0 Å². The molecular weight excluding hydrogens is 780 g/mol. The normalized spacial score (nSPS) is 16.1. The molecule has 0 aromatic heterocycles. The Morgan fingerprint density at radius 1 is 0.250 bits per heavy atom. The SMILES string of the molecule is CCCCP(CCCC)(CCCC)(CCCC)OP(=S)(OP(CCCC)(CCCC)(CCCC)CCCC)OP(CCCC)(CCCC)(CCCC)CCCC. The van der Waals surface area contributed by atoms with E-state index >= 15 is 0 Å². The molecule has 0 heterocycles. The zero-order chi connectivity index (χ0) is 42.4. The molecule has 0 saturated heterocycles. The van der Waals surface area contributed by atoms with Gasteiger partial charge in [-0.05, 0) is 0 Å². The van der Waals surface area contributed by atoms with Crippen molar-refractivity contribution in [1.82, 2.24) is 0 Å². The summed E-state index contributed by atoms with van der Waals surface area (Å²) in [5.41, 5.74) is 0. The average Bonchev–Trinajstić information content (AvgIpc) is 3.21. The summed E-state index contributed by atoms with van der Waals surface area (Å²) in [5.74, 6) is 0. The molecule has 0 aliphatic heterocycles. The molecule has 0 bridgehead atoms. The van der Waals surface area contributed by atoms with Crippen molar-refractivity contribution in [3.05, 3.63) is 0 Å². The van der Waals surface area contributed by atoms with E-state index in [0.29, 0.717) is 0 Å². The molecule has 0 N–H and O–H groups in total. The molecule has 0 radical (unpaired) electrons. The molecule has 56 heavy (non-hydrogen) atoms. The number of hydrogen-bond acceptors (Lipinski definition) is 4. The van der Waals surface area contributed by atoms with Gasteiger partial charge in [-0.1, -0.05) is 0 Å². The van der Waals surface area contributed by atoms with Crippen molar-refractivity contribution < 1.29 is 12.9 Å². The summed E-state index contributed by atoms with van der Waals surface area (Å²) in [6.45, 7) is 17.0. The molecular formula is C48H108O3P4S. The summed E-state index contributed by atoms with van der Waals surface area (Å²) in [6, 6.07) is 0. The van der Waals surface area contributed by atoms with Crippen molar-refractivity contribution in [2.75, 3.05) is 73.9 Å². The fraction of sp³-hybridized carbons (Fsp3) is 1.00. The average molecular weight is 889 g/mol. The Bertz CT molecular complexity index is 768. The molecule has 0 atom stereocenters. The van der Waals surface area contributed by atoms with Gasteiger partial charge in [0.1, 0.15) is 0 Å². The van der Waals surface area contributed by atoms with Gasteiger partial charge in [0.25, 0.3) is 0 Å². The summed E-state index contributed by atoms with van der Waals surface area (Å²) in [6.07, 6.45) is 44.2. The van der Waals surface area contributed by atoms with Crippen LogP contribution in [0.1, 0.15) is 237 Å². The van der Waals surface area contributed by atoms with E-state index in [1.165, 1.54) is 228 Å². The van der Waals surface area contributed by atoms with Gasteiger partial charge < -0.3 is 0 Å². The minimum atomic E-state index is -3.26. The van der Waals surface area contributed by atoms with E-state index in [4.69, 9.17) is 24.7 Å². The van der Waals surface area contributed by atoms with Gasteiger partial charge >= 0.3 is 363 Å². The summed E-state index contributed by atoms with van der Waals surface area (Å²) in [5, 5.41) is 0. The molecule has 0 amide bonds. The second-order valence-corrected chi connectivity index (χ2v) is 39.9. The van der Waals surface area contributed by atoms with Crippen LogP contribution in [0, 0.1) is 0 Å². The first-order chi connectivity index (χ1) is 26.8.